The van der Waals surface area contributed by atoms with Gasteiger partial charge in [0.15, 0.2) is 5.13 Å². The van der Waals surface area contributed by atoms with Crippen molar-refractivity contribution in [1.82, 2.24) is 9.88 Å². The molecule has 1 aliphatic rings. The summed E-state index contributed by atoms with van der Waals surface area (Å²) in [5, 5.41) is 3.32. The van der Waals surface area contributed by atoms with Crippen LogP contribution in [0.2, 0.25) is 5.02 Å². The van der Waals surface area contributed by atoms with Gasteiger partial charge in [-0.25, -0.2) is 4.98 Å². The standard InChI is InChI=1S/C21H20ClN3OS/c1-15(26)25(20-8-4-7-18(22)11-20)21-23-19(14-27-21)13-24-10-9-16-5-2-3-6-17(16)12-24/h2-8,11,14H,9-10,12-13H2,1H3. The summed E-state index contributed by atoms with van der Waals surface area (Å²) in [4.78, 5) is 21.0. The Bertz CT molecular complexity index is 971. The highest BCUT2D eigenvalue weighted by molar-refractivity contribution is 7.14. The minimum Gasteiger partial charge on any atom is -0.293 e. The predicted octanol–water partition coefficient (Wildman–Crippen LogP) is 5.04. The number of nitrogens with zero attached hydrogens (tertiary/aromatic N) is 3. The minimum absolute atomic E-state index is 0.0786. The third-order valence-corrected chi connectivity index (χ3v) is 5.82. The van der Waals surface area contributed by atoms with Gasteiger partial charge in [-0.05, 0) is 35.7 Å². The maximum atomic E-state index is 12.2. The number of carbonyl (C=O) groups excluding carboxylic acids is 1. The lowest BCUT2D eigenvalue weighted by Gasteiger charge is -2.28. The van der Waals surface area contributed by atoms with Crippen LogP contribution in [0.25, 0.3) is 0 Å². The van der Waals surface area contributed by atoms with Crippen LogP contribution >= 0.6 is 22.9 Å². The highest BCUT2D eigenvalue weighted by Gasteiger charge is 2.20. The zero-order chi connectivity index (χ0) is 18.8. The van der Waals surface area contributed by atoms with Crippen molar-refractivity contribution in [2.75, 3.05) is 11.4 Å². The molecule has 1 aromatic heterocycles. The summed E-state index contributed by atoms with van der Waals surface area (Å²) in [6.45, 7) is 4.29. The topological polar surface area (TPSA) is 36.4 Å². The van der Waals surface area contributed by atoms with Crippen molar-refractivity contribution in [3.05, 3.63) is 75.8 Å². The van der Waals surface area contributed by atoms with E-state index in [4.69, 9.17) is 16.6 Å². The highest BCUT2D eigenvalue weighted by atomic mass is 35.5. The zero-order valence-electron chi connectivity index (χ0n) is 15.1. The SMILES string of the molecule is CC(=O)N(c1cccc(Cl)c1)c1nc(CN2CCc3ccccc3C2)cs1. The van der Waals surface area contributed by atoms with Crippen molar-refractivity contribution < 1.29 is 4.79 Å². The molecule has 2 aromatic carbocycles. The number of benzene rings is 2. The average Bonchev–Trinajstić information content (AvgIpc) is 3.09. The van der Waals surface area contributed by atoms with Crippen molar-refractivity contribution in [3.63, 3.8) is 0 Å². The molecule has 0 bridgehead atoms. The second-order valence-corrected chi connectivity index (χ2v) is 7.96. The van der Waals surface area contributed by atoms with E-state index in [-0.39, 0.29) is 5.91 Å². The van der Waals surface area contributed by atoms with Crippen LogP contribution in [0.15, 0.2) is 53.9 Å². The van der Waals surface area contributed by atoms with Crippen LogP contribution in [0.5, 0.6) is 0 Å². The Kier molecular flexibility index (Phi) is 5.25. The molecule has 0 saturated heterocycles. The molecule has 27 heavy (non-hydrogen) atoms. The number of amides is 1. The molecule has 0 saturated carbocycles. The van der Waals surface area contributed by atoms with Crippen molar-refractivity contribution in [2.24, 2.45) is 0 Å². The van der Waals surface area contributed by atoms with Crippen LogP contribution in [0, 0.1) is 0 Å². The molecule has 2 heterocycles. The molecular formula is C21H20ClN3OS. The van der Waals surface area contributed by atoms with Gasteiger partial charge in [-0.1, -0.05) is 41.9 Å². The average molecular weight is 398 g/mol. The Labute approximate surface area is 168 Å². The third kappa shape index (κ3) is 4.05. The molecule has 4 nitrogen and oxygen atoms in total. The van der Waals surface area contributed by atoms with Gasteiger partial charge in [0, 0.05) is 37.0 Å². The lowest BCUT2D eigenvalue weighted by Crippen LogP contribution is -2.30. The summed E-state index contributed by atoms with van der Waals surface area (Å²) in [5.74, 6) is -0.0786. The summed E-state index contributed by atoms with van der Waals surface area (Å²) in [6, 6.07) is 15.9. The number of aromatic nitrogens is 1. The van der Waals surface area contributed by atoms with Gasteiger partial charge in [0.1, 0.15) is 0 Å². The van der Waals surface area contributed by atoms with E-state index in [9.17, 15) is 4.79 Å². The molecule has 0 fully saturated rings. The quantitative estimate of drug-likeness (QED) is 0.618. The van der Waals surface area contributed by atoms with E-state index < -0.39 is 0 Å². The van der Waals surface area contributed by atoms with E-state index in [0.29, 0.717) is 10.2 Å². The Morgan fingerprint density at radius 1 is 1.22 bits per heavy atom. The summed E-state index contributed by atoms with van der Waals surface area (Å²) in [5.41, 5.74) is 4.56. The maximum absolute atomic E-state index is 12.2. The van der Waals surface area contributed by atoms with Crippen molar-refractivity contribution >= 4 is 39.7 Å². The molecule has 0 atom stereocenters. The van der Waals surface area contributed by atoms with Gasteiger partial charge in [0.05, 0.1) is 11.4 Å². The monoisotopic (exact) mass is 397 g/mol. The zero-order valence-corrected chi connectivity index (χ0v) is 16.6. The molecule has 4 rings (SSSR count). The number of anilines is 2. The van der Waals surface area contributed by atoms with Crippen LogP contribution in [0.1, 0.15) is 23.7 Å². The van der Waals surface area contributed by atoms with Gasteiger partial charge < -0.3 is 0 Å². The second kappa shape index (κ2) is 7.80. The largest absolute Gasteiger partial charge is 0.293 e. The van der Waals surface area contributed by atoms with Gasteiger partial charge in [-0.15, -0.1) is 11.3 Å². The molecular weight excluding hydrogens is 378 g/mol. The number of hydrogen-bond donors (Lipinski definition) is 0. The molecule has 3 aromatic rings. The Morgan fingerprint density at radius 2 is 2.04 bits per heavy atom. The van der Waals surface area contributed by atoms with E-state index in [2.05, 4.69) is 29.2 Å². The van der Waals surface area contributed by atoms with E-state index in [1.807, 2.05) is 17.5 Å². The number of halogens is 1. The molecule has 1 amide bonds. The number of fused-ring (bicyclic) bond motifs is 1. The third-order valence-electron chi connectivity index (χ3n) is 4.71. The van der Waals surface area contributed by atoms with Crippen LogP contribution in [-0.4, -0.2) is 22.3 Å². The Morgan fingerprint density at radius 3 is 2.81 bits per heavy atom. The first-order valence-electron chi connectivity index (χ1n) is 8.90. The van der Waals surface area contributed by atoms with Crippen molar-refractivity contribution in [3.8, 4) is 0 Å². The first kappa shape index (κ1) is 18.2. The van der Waals surface area contributed by atoms with Gasteiger partial charge in [0.2, 0.25) is 5.91 Å². The summed E-state index contributed by atoms with van der Waals surface area (Å²) in [7, 11) is 0. The number of hydrogen-bond acceptors (Lipinski definition) is 4. The van der Waals surface area contributed by atoms with Crippen LogP contribution in [0.3, 0.4) is 0 Å². The Hall–Kier alpha value is -2.21. The van der Waals surface area contributed by atoms with Gasteiger partial charge in [-0.3, -0.25) is 14.6 Å². The molecule has 0 spiro atoms. The number of thiazole rings is 1. The molecule has 1 aliphatic heterocycles. The fourth-order valence-corrected chi connectivity index (χ4v) is 4.49. The van der Waals surface area contributed by atoms with E-state index in [1.165, 1.54) is 22.5 Å². The lowest BCUT2D eigenvalue weighted by atomic mass is 10.00. The summed E-state index contributed by atoms with van der Waals surface area (Å²) in [6.07, 6.45) is 1.06. The minimum atomic E-state index is -0.0786. The first-order valence-corrected chi connectivity index (χ1v) is 10.2. The number of rotatable bonds is 4. The van der Waals surface area contributed by atoms with E-state index >= 15 is 0 Å². The molecule has 6 heteroatoms. The second-order valence-electron chi connectivity index (χ2n) is 6.69. The maximum Gasteiger partial charge on any atom is 0.230 e. The van der Waals surface area contributed by atoms with Gasteiger partial charge >= 0.3 is 0 Å². The normalized spacial score (nSPS) is 14.0. The number of carbonyl (C=O) groups is 1. The van der Waals surface area contributed by atoms with Crippen molar-refractivity contribution in [1.29, 1.82) is 0 Å². The van der Waals surface area contributed by atoms with Gasteiger partial charge in [0.25, 0.3) is 0 Å². The smallest absolute Gasteiger partial charge is 0.230 e. The van der Waals surface area contributed by atoms with E-state index in [1.54, 1.807) is 24.0 Å². The van der Waals surface area contributed by atoms with Crippen LogP contribution < -0.4 is 4.90 Å². The molecule has 0 radical (unpaired) electrons. The van der Waals surface area contributed by atoms with Crippen LogP contribution in [0.4, 0.5) is 10.8 Å². The summed E-state index contributed by atoms with van der Waals surface area (Å²) < 4.78 is 0. The first-order chi connectivity index (χ1) is 13.1. The molecule has 0 N–H and O–H groups in total. The fourth-order valence-electron chi connectivity index (χ4n) is 3.43. The molecule has 138 valence electrons. The highest BCUT2D eigenvalue weighted by Crippen LogP contribution is 2.31. The lowest BCUT2D eigenvalue weighted by molar-refractivity contribution is -0.115. The van der Waals surface area contributed by atoms with E-state index in [0.717, 1.165) is 37.4 Å². The fraction of sp³-hybridized carbons (Fsp3) is 0.238. The van der Waals surface area contributed by atoms with Gasteiger partial charge in [-0.2, -0.15) is 0 Å². The van der Waals surface area contributed by atoms with Crippen LogP contribution in [-0.2, 0) is 24.3 Å². The van der Waals surface area contributed by atoms with Crippen molar-refractivity contribution in [2.45, 2.75) is 26.4 Å². The summed E-state index contributed by atoms with van der Waals surface area (Å²) >= 11 is 7.58. The molecule has 0 aliphatic carbocycles. The Balaban J connectivity index is 1.52. The predicted molar refractivity (Wildman–Crippen MR) is 111 cm³/mol. The molecule has 0 unspecified atom stereocenters.